The van der Waals surface area contributed by atoms with Gasteiger partial charge in [-0.2, -0.15) is 11.8 Å². The van der Waals surface area contributed by atoms with Crippen molar-refractivity contribution in [2.75, 3.05) is 14.1 Å². The lowest BCUT2D eigenvalue weighted by Gasteiger charge is -2.51. The van der Waals surface area contributed by atoms with E-state index in [2.05, 4.69) is 0 Å². The molecule has 1 amide bonds. The molecule has 0 bridgehead atoms. The Kier molecular flexibility index (Phi) is 7.12. The summed E-state index contributed by atoms with van der Waals surface area (Å²) in [6, 6.07) is 1.15. The molecule has 3 unspecified atom stereocenters. The fraction of sp³-hybridized carbons (Fsp3) is 0.567. The number of allylic oxidation sites excluding steroid dienone is 2. The van der Waals surface area contributed by atoms with Gasteiger partial charge in [0.05, 0.1) is 17.0 Å². The second-order valence-electron chi connectivity index (χ2n) is 12.0. The van der Waals surface area contributed by atoms with E-state index in [-0.39, 0.29) is 22.6 Å². The van der Waals surface area contributed by atoms with E-state index < -0.39 is 52.1 Å². The van der Waals surface area contributed by atoms with Crippen LogP contribution in [0.15, 0.2) is 23.0 Å². The Morgan fingerprint density at radius 1 is 1.15 bits per heavy atom. The highest BCUT2D eigenvalue weighted by molar-refractivity contribution is 7.99. The number of likely N-dealkylation sites (N-methyl/N-ethyl adjacent to an activating group) is 1. The molecule has 0 aliphatic heterocycles. The number of amides is 1. The normalized spacial score (nSPS) is 29.4. The predicted octanol–water partition coefficient (Wildman–Crippen LogP) is 4.11. The molecule has 0 heterocycles. The number of phenols is 1. The molecule has 0 aromatic heterocycles. The van der Waals surface area contributed by atoms with Gasteiger partial charge < -0.3 is 21.1 Å². The summed E-state index contributed by atoms with van der Waals surface area (Å²) in [6.45, 7) is 3.48. The van der Waals surface area contributed by atoms with Gasteiger partial charge >= 0.3 is 0 Å². The van der Waals surface area contributed by atoms with Gasteiger partial charge in [0.2, 0.25) is 0 Å². The van der Waals surface area contributed by atoms with Crippen molar-refractivity contribution in [3.63, 3.8) is 0 Å². The zero-order valence-electron chi connectivity index (χ0n) is 23.0. The van der Waals surface area contributed by atoms with E-state index >= 15 is 0 Å². The molecule has 2 fully saturated rings. The molecule has 4 aliphatic rings. The first-order valence-electron chi connectivity index (χ1n) is 13.8. The first-order valence-corrected chi connectivity index (χ1v) is 14.8. The lowest BCUT2D eigenvalue weighted by atomic mass is 9.52. The number of carbonyl (C=O) groups excluding carboxylic acids is 3. The van der Waals surface area contributed by atoms with Crippen LogP contribution in [0.5, 0.6) is 5.75 Å². The first kappa shape index (κ1) is 27.8. The Morgan fingerprint density at radius 3 is 2.44 bits per heavy atom. The molecular formula is C30H38N2O6S. The molecule has 8 nitrogen and oxygen atoms in total. The minimum atomic E-state index is -1.62. The number of aromatic hydroxyl groups is 1. The van der Waals surface area contributed by atoms with Gasteiger partial charge in [-0.1, -0.05) is 25.3 Å². The second kappa shape index (κ2) is 10.0. The monoisotopic (exact) mass is 554 g/mol. The Balaban J connectivity index is 1.60. The van der Waals surface area contributed by atoms with E-state index in [4.69, 9.17) is 5.73 Å². The summed E-state index contributed by atoms with van der Waals surface area (Å²) in [4.78, 5) is 41.4. The molecule has 39 heavy (non-hydrogen) atoms. The number of rotatable bonds is 5. The number of hydrogen-bond donors (Lipinski definition) is 4. The van der Waals surface area contributed by atoms with Crippen LogP contribution >= 0.6 is 11.8 Å². The fourth-order valence-corrected chi connectivity index (χ4v) is 8.72. The number of aryl methyl sites for hydroxylation is 1. The van der Waals surface area contributed by atoms with Crippen molar-refractivity contribution < 1.29 is 29.7 Å². The first-order chi connectivity index (χ1) is 18.4. The number of aliphatic hydroxyl groups is 2. The van der Waals surface area contributed by atoms with E-state index in [1.165, 1.54) is 39.0 Å². The van der Waals surface area contributed by atoms with Crippen molar-refractivity contribution in [3.05, 3.63) is 45.2 Å². The Morgan fingerprint density at radius 2 is 1.82 bits per heavy atom. The minimum absolute atomic E-state index is 0.00925. The highest BCUT2D eigenvalue weighted by Crippen LogP contribution is 2.57. The van der Waals surface area contributed by atoms with Gasteiger partial charge in [0.1, 0.15) is 22.8 Å². The molecule has 4 aliphatic carbocycles. The number of benzene rings is 1. The zero-order chi connectivity index (χ0) is 28.4. The van der Waals surface area contributed by atoms with Crippen LogP contribution in [0.25, 0.3) is 5.76 Å². The third-order valence-electron chi connectivity index (χ3n) is 9.51. The second-order valence-corrected chi connectivity index (χ2v) is 13.3. The molecule has 5 N–H and O–H groups in total. The van der Waals surface area contributed by atoms with Crippen molar-refractivity contribution >= 4 is 35.0 Å². The van der Waals surface area contributed by atoms with Crippen molar-refractivity contribution in [1.29, 1.82) is 0 Å². The van der Waals surface area contributed by atoms with Gasteiger partial charge in [0.15, 0.2) is 11.6 Å². The summed E-state index contributed by atoms with van der Waals surface area (Å²) in [5.74, 6) is -3.55. The van der Waals surface area contributed by atoms with E-state index in [1.54, 1.807) is 19.0 Å². The van der Waals surface area contributed by atoms with Crippen LogP contribution in [0.1, 0.15) is 67.7 Å². The van der Waals surface area contributed by atoms with Gasteiger partial charge in [-0.3, -0.25) is 19.3 Å². The summed E-state index contributed by atoms with van der Waals surface area (Å²) in [6.07, 6.45) is 6.81. The quantitative estimate of drug-likeness (QED) is 0.399. The molecule has 0 radical (unpaired) electrons. The maximum atomic E-state index is 14.2. The Labute approximate surface area is 233 Å². The number of thioether (sulfide) groups is 1. The average Bonchev–Trinajstić information content (AvgIpc) is 2.87. The number of Topliss-reactive ketones (excluding diaryl/α,β-unsaturated/α-hetero) is 2. The van der Waals surface area contributed by atoms with Gasteiger partial charge in [0.25, 0.3) is 5.91 Å². The van der Waals surface area contributed by atoms with Crippen LogP contribution in [-0.2, 0) is 26.6 Å². The Hall–Kier alpha value is -2.78. The van der Waals surface area contributed by atoms with Gasteiger partial charge in [-0.25, -0.2) is 0 Å². The number of fused-ring (bicyclic) bond motifs is 3. The molecule has 1 aromatic rings. The molecule has 210 valence electrons. The van der Waals surface area contributed by atoms with Crippen LogP contribution in [-0.4, -0.2) is 63.1 Å². The van der Waals surface area contributed by atoms with E-state index in [9.17, 15) is 29.7 Å². The highest BCUT2D eigenvalue weighted by atomic mass is 32.2. The van der Waals surface area contributed by atoms with Crippen LogP contribution in [0.4, 0.5) is 0 Å². The number of primary amides is 1. The summed E-state index contributed by atoms with van der Waals surface area (Å²) < 4.78 is 0. The molecule has 0 saturated heterocycles. The number of aliphatic hydroxyl groups excluding tert-OH is 2. The maximum Gasteiger partial charge on any atom is 0.255 e. The van der Waals surface area contributed by atoms with Crippen LogP contribution in [0, 0.1) is 24.2 Å². The third-order valence-corrected chi connectivity index (χ3v) is 10.9. The van der Waals surface area contributed by atoms with Crippen molar-refractivity contribution in [2.24, 2.45) is 23.0 Å². The standard InChI is InChI=1S/C30H38N2O6S/c1-14-10-16(13-39-17-8-6-5-7-9-17)24(33)21-18(14)11-15-12-19-23(32(3)4)26(35)22(29(31)38)28(37)30(19,2)27(36)20(15)25(21)34/h10,15,17,19,23,33-34,37H,5-9,11-13H2,1-4H3,(H2,31,38)/t15?,19?,23?,30-/m0/s1. The third kappa shape index (κ3) is 4.20. The van der Waals surface area contributed by atoms with Crippen molar-refractivity contribution in [2.45, 2.75) is 75.8 Å². The van der Waals surface area contributed by atoms with Crippen LogP contribution in [0.3, 0.4) is 0 Å². The highest BCUT2D eigenvalue weighted by Gasteiger charge is 2.62. The van der Waals surface area contributed by atoms with Crippen LogP contribution in [0.2, 0.25) is 0 Å². The SMILES string of the molecule is Cc1cc(CSC2CCCCC2)c(O)c2c1CC1CC3C(N(C)C)C(=O)C(C(N)=O)=C(O)[C@]3(C)C(=O)C1=C2O. The number of nitrogens with two attached hydrogens (primary N) is 1. The fourth-order valence-electron chi connectivity index (χ4n) is 7.41. The van der Waals surface area contributed by atoms with Crippen molar-refractivity contribution in [1.82, 2.24) is 4.90 Å². The molecule has 9 heteroatoms. The lowest BCUT2D eigenvalue weighted by Crippen LogP contribution is -2.60. The van der Waals surface area contributed by atoms with E-state index in [1.807, 2.05) is 24.8 Å². The van der Waals surface area contributed by atoms with Gasteiger partial charge in [-0.15, -0.1) is 0 Å². The smallest absolute Gasteiger partial charge is 0.255 e. The molecule has 2 saturated carbocycles. The molecule has 1 aromatic carbocycles. The molecule has 5 rings (SSSR count). The summed E-state index contributed by atoms with van der Waals surface area (Å²) >= 11 is 1.82. The zero-order valence-corrected chi connectivity index (χ0v) is 23.9. The van der Waals surface area contributed by atoms with Gasteiger partial charge in [0, 0.05) is 28.1 Å². The largest absolute Gasteiger partial charge is 0.510 e. The lowest BCUT2D eigenvalue weighted by molar-refractivity contribution is -0.139. The molecule has 4 atom stereocenters. The maximum absolute atomic E-state index is 14.2. The van der Waals surface area contributed by atoms with E-state index in [0.717, 1.165) is 16.7 Å². The number of carbonyl (C=O) groups is 3. The van der Waals surface area contributed by atoms with Crippen LogP contribution < -0.4 is 5.73 Å². The van der Waals surface area contributed by atoms with E-state index in [0.29, 0.717) is 23.8 Å². The van der Waals surface area contributed by atoms with Gasteiger partial charge in [-0.05, 0) is 70.7 Å². The summed E-state index contributed by atoms with van der Waals surface area (Å²) in [5, 5.41) is 34.7. The number of ketones is 2. The summed E-state index contributed by atoms with van der Waals surface area (Å²) in [5.41, 5.74) is 6.19. The molecule has 0 spiro atoms. The minimum Gasteiger partial charge on any atom is -0.510 e. The van der Waals surface area contributed by atoms with Crippen molar-refractivity contribution in [3.8, 4) is 5.75 Å². The molecular weight excluding hydrogens is 516 g/mol. The number of nitrogens with zero attached hydrogens (tertiary/aromatic N) is 1. The summed E-state index contributed by atoms with van der Waals surface area (Å²) in [7, 11) is 3.39. The Bertz CT molecular complexity index is 1320. The number of phenolic OH excluding ortho intramolecular Hbond substituents is 1. The average molecular weight is 555 g/mol. The number of hydrogen-bond acceptors (Lipinski definition) is 8. The predicted molar refractivity (Wildman–Crippen MR) is 150 cm³/mol. The topological polar surface area (TPSA) is 141 Å².